The first-order valence-corrected chi connectivity index (χ1v) is 6.78. The Hall–Kier alpha value is -0.540. The molecule has 0 aliphatic carbocycles. The summed E-state index contributed by atoms with van der Waals surface area (Å²) < 4.78 is 12.8. The summed E-state index contributed by atoms with van der Waals surface area (Å²) in [5.74, 6) is 0.854. The summed E-state index contributed by atoms with van der Waals surface area (Å²) >= 11 is 1.92. The van der Waals surface area contributed by atoms with Gasteiger partial charge in [-0.2, -0.15) is 11.8 Å². The molecule has 1 aromatic rings. The van der Waals surface area contributed by atoms with Crippen LogP contribution in [0.3, 0.4) is 0 Å². The second-order valence-corrected chi connectivity index (χ2v) is 5.65. The summed E-state index contributed by atoms with van der Waals surface area (Å²) in [5, 5.41) is 4.06. The predicted octanol–water partition coefficient (Wildman–Crippen LogP) is 3.62. The van der Waals surface area contributed by atoms with Crippen molar-refractivity contribution in [2.24, 2.45) is 0 Å². The van der Waals surface area contributed by atoms with Gasteiger partial charge < -0.3 is 5.32 Å². The molecule has 0 saturated heterocycles. The van der Waals surface area contributed by atoms with Crippen LogP contribution in [0, 0.1) is 5.82 Å². The molecule has 0 radical (unpaired) electrons. The minimum absolute atomic E-state index is 0.171. The number of rotatable bonds is 6. The lowest BCUT2D eigenvalue weighted by Crippen LogP contribution is -2.23. The quantitative estimate of drug-likeness (QED) is 0.816. The Morgan fingerprint density at radius 2 is 1.88 bits per heavy atom. The first-order chi connectivity index (χ1) is 7.63. The Morgan fingerprint density at radius 1 is 1.25 bits per heavy atom. The third-order valence-corrected chi connectivity index (χ3v) is 3.51. The molecular weight excluding hydrogens is 221 g/mol. The molecule has 1 N–H and O–H groups in total. The molecule has 0 spiro atoms. The van der Waals surface area contributed by atoms with Crippen molar-refractivity contribution in [1.29, 1.82) is 0 Å². The molecule has 16 heavy (non-hydrogen) atoms. The van der Waals surface area contributed by atoms with E-state index in [1.165, 1.54) is 12.1 Å². The fourth-order valence-corrected chi connectivity index (χ4v) is 2.39. The summed E-state index contributed by atoms with van der Waals surface area (Å²) in [6, 6.07) is 7.10. The van der Waals surface area contributed by atoms with E-state index < -0.39 is 0 Å². The molecule has 1 nitrogen and oxygen atoms in total. The lowest BCUT2D eigenvalue weighted by molar-refractivity contribution is 0.597. The van der Waals surface area contributed by atoms with Gasteiger partial charge in [-0.15, -0.1) is 0 Å². The van der Waals surface area contributed by atoms with Crippen LogP contribution in [-0.2, 0) is 0 Å². The zero-order chi connectivity index (χ0) is 12.0. The standard InChI is InChI=1S/C13H20FNS/c1-4-15-13(9-16-10(2)3)11-5-7-12(14)8-6-11/h5-8,10,13,15H,4,9H2,1-3H3. The minimum atomic E-state index is -0.171. The van der Waals surface area contributed by atoms with E-state index in [-0.39, 0.29) is 5.82 Å². The summed E-state index contributed by atoms with van der Waals surface area (Å²) in [6.07, 6.45) is 0. The third-order valence-electron chi connectivity index (χ3n) is 2.32. The Kier molecular flexibility index (Phi) is 5.85. The molecular formula is C13H20FNS. The predicted molar refractivity (Wildman–Crippen MR) is 70.4 cm³/mol. The summed E-state index contributed by atoms with van der Waals surface area (Å²) in [7, 11) is 0. The Morgan fingerprint density at radius 3 is 2.38 bits per heavy atom. The molecule has 0 bridgehead atoms. The minimum Gasteiger partial charge on any atom is -0.310 e. The van der Waals surface area contributed by atoms with Crippen LogP contribution in [-0.4, -0.2) is 17.5 Å². The summed E-state index contributed by atoms with van der Waals surface area (Å²) in [5.41, 5.74) is 1.16. The van der Waals surface area contributed by atoms with Crippen LogP contribution in [0.15, 0.2) is 24.3 Å². The highest BCUT2D eigenvalue weighted by molar-refractivity contribution is 7.99. The van der Waals surface area contributed by atoms with E-state index in [0.717, 1.165) is 17.9 Å². The lowest BCUT2D eigenvalue weighted by Gasteiger charge is -2.19. The van der Waals surface area contributed by atoms with Crippen molar-refractivity contribution in [3.05, 3.63) is 35.6 Å². The van der Waals surface area contributed by atoms with E-state index in [2.05, 4.69) is 26.1 Å². The fraction of sp³-hybridized carbons (Fsp3) is 0.538. The van der Waals surface area contributed by atoms with E-state index in [0.29, 0.717) is 11.3 Å². The van der Waals surface area contributed by atoms with Crippen molar-refractivity contribution in [2.45, 2.75) is 32.1 Å². The van der Waals surface area contributed by atoms with Gasteiger partial charge >= 0.3 is 0 Å². The van der Waals surface area contributed by atoms with Crippen LogP contribution in [0.4, 0.5) is 4.39 Å². The summed E-state index contributed by atoms with van der Waals surface area (Å²) in [4.78, 5) is 0. The molecule has 1 unspecified atom stereocenters. The summed E-state index contributed by atoms with van der Waals surface area (Å²) in [6.45, 7) is 7.41. The number of thioether (sulfide) groups is 1. The zero-order valence-electron chi connectivity index (χ0n) is 10.2. The van der Waals surface area contributed by atoms with Gasteiger partial charge in [0.05, 0.1) is 0 Å². The zero-order valence-corrected chi connectivity index (χ0v) is 11.0. The first-order valence-electron chi connectivity index (χ1n) is 5.74. The van der Waals surface area contributed by atoms with Crippen molar-refractivity contribution < 1.29 is 4.39 Å². The van der Waals surface area contributed by atoms with Gasteiger partial charge in [-0.1, -0.05) is 32.9 Å². The van der Waals surface area contributed by atoms with Gasteiger partial charge in [0.2, 0.25) is 0 Å². The molecule has 0 aliphatic heterocycles. The van der Waals surface area contributed by atoms with E-state index in [1.54, 1.807) is 0 Å². The number of hydrogen-bond acceptors (Lipinski definition) is 2. The van der Waals surface area contributed by atoms with Gasteiger partial charge in [0.1, 0.15) is 5.82 Å². The average molecular weight is 241 g/mol. The van der Waals surface area contributed by atoms with E-state index in [9.17, 15) is 4.39 Å². The topological polar surface area (TPSA) is 12.0 Å². The molecule has 1 atom stereocenters. The van der Waals surface area contributed by atoms with Crippen LogP contribution in [0.25, 0.3) is 0 Å². The molecule has 90 valence electrons. The lowest BCUT2D eigenvalue weighted by atomic mass is 10.1. The fourth-order valence-electron chi connectivity index (χ4n) is 1.50. The van der Waals surface area contributed by atoms with Gasteiger partial charge in [-0.25, -0.2) is 4.39 Å². The Balaban J connectivity index is 2.64. The number of benzene rings is 1. The molecule has 0 fully saturated rings. The molecule has 0 saturated carbocycles. The van der Waals surface area contributed by atoms with Gasteiger partial charge in [-0.3, -0.25) is 0 Å². The number of halogens is 1. The van der Waals surface area contributed by atoms with Crippen molar-refractivity contribution in [2.75, 3.05) is 12.3 Å². The van der Waals surface area contributed by atoms with Crippen LogP contribution in [0.5, 0.6) is 0 Å². The Labute approximate surface area is 102 Å². The van der Waals surface area contributed by atoms with Gasteiger partial charge in [0.15, 0.2) is 0 Å². The maximum absolute atomic E-state index is 12.8. The highest BCUT2D eigenvalue weighted by Crippen LogP contribution is 2.21. The number of nitrogens with one attached hydrogen (secondary N) is 1. The monoisotopic (exact) mass is 241 g/mol. The molecule has 3 heteroatoms. The van der Waals surface area contributed by atoms with Crippen LogP contribution in [0.2, 0.25) is 0 Å². The molecule has 1 aromatic carbocycles. The van der Waals surface area contributed by atoms with Crippen LogP contribution in [0.1, 0.15) is 32.4 Å². The van der Waals surface area contributed by atoms with Gasteiger partial charge in [0.25, 0.3) is 0 Å². The molecule has 0 heterocycles. The van der Waals surface area contributed by atoms with E-state index >= 15 is 0 Å². The number of hydrogen-bond donors (Lipinski definition) is 1. The van der Waals surface area contributed by atoms with Crippen molar-refractivity contribution >= 4 is 11.8 Å². The largest absolute Gasteiger partial charge is 0.310 e. The maximum Gasteiger partial charge on any atom is 0.123 e. The van der Waals surface area contributed by atoms with Crippen molar-refractivity contribution in [3.8, 4) is 0 Å². The normalized spacial score (nSPS) is 13.1. The van der Waals surface area contributed by atoms with E-state index in [1.807, 2.05) is 23.9 Å². The third kappa shape index (κ3) is 4.54. The van der Waals surface area contributed by atoms with Crippen molar-refractivity contribution in [1.82, 2.24) is 5.32 Å². The molecule has 0 amide bonds. The van der Waals surface area contributed by atoms with Crippen LogP contribution >= 0.6 is 11.8 Å². The molecule has 0 aromatic heterocycles. The second-order valence-electron chi connectivity index (χ2n) is 4.04. The highest BCUT2D eigenvalue weighted by atomic mass is 32.2. The van der Waals surface area contributed by atoms with Gasteiger partial charge in [0, 0.05) is 11.8 Å². The Bertz CT molecular complexity index is 297. The average Bonchev–Trinajstić information content (AvgIpc) is 2.25. The van der Waals surface area contributed by atoms with Crippen LogP contribution < -0.4 is 5.32 Å². The maximum atomic E-state index is 12.8. The molecule has 0 aliphatic rings. The second kappa shape index (κ2) is 6.92. The van der Waals surface area contributed by atoms with Crippen molar-refractivity contribution in [3.63, 3.8) is 0 Å². The smallest absolute Gasteiger partial charge is 0.123 e. The SMILES string of the molecule is CCNC(CSC(C)C)c1ccc(F)cc1. The van der Waals surface area contributed by atoms with Gasteiger partial charge in [-0.05, 0) is 29.5 Å². The first kappa shape index (κ1) is 13.5. The van der Waals surface area contributed by atoms with E-state index in [4.69, 9.17) is 0 Å². The highest BCUT2D eigenvalue weighted by Gasteiger charge is 2.11. The molecule has 1 rings (SSSR count).